The molecule has 8 heteroatoms. The number of hydrogen-bond donors (Lipinski definition) is 2. The molecule has 2 aromatic heterocycles. The van der Waals surface area contributed by atoms with Gasteiger partial charge in [-0.05, 0) is 36.4 Å². The first-order valence-corrected chi connectivity index (χ1v) is 8.00. The first kappa shape index (κ1) is 16.9. The van der Waals surface area contributed by atoms with Gasteiger partial charge in [0, 0.05) is 5.56 Å². The second kappa shape index (κ2) is 6.64. The number of hydrogen-bond acceptors (Lipinski definition) is 4. The van der Waals surface area contributed by atoms with Gasteiger partial charge in [0.25, 0.3) is 0 Å². The molecular formula is C19H13F3N4O. The fourth-order valence-electron chi connectivity index (χ4n) is 2.59. The molecule has 4 aromatic rings. The lowest BCUT2D eigenvalue weighted by atomic mass is 10.1. The van der Waals surface area contributed by atoms with Gasteiger partial charge in [0.1, 0.15) is 11.5 Å². The maximum atomic E-state index is 12.8. The van der Waals surface area contributed by atoms with Crippen LogP contribution in [0.1, 0.15) is 11.3 Å². The smallest absolute Gasteiger partial charge is 0.416 e. The van der Waals surface area contributed by atoms with E-state index >= 15 is 0 Å². The molecule has 0 saturated carbocycles. The van der Waals surface area contributed by atoms with Crippen molar-refractivity contribution >= 4 is 23.2 Å². The predicted molar refractivity (Wildman–Crippen MR) is 96.5 cm³/mol. The van der Waals surface area contributed by atoms with Crippen LogP contribution in [0.3, 0.4) is 0 Å². The Morgan fingerprint density at radius 3 is 2.70 bits per heavy atom. The summed E-state index contributed by atoms with van der Waals surface area (Å²) < 4.78 is 44.0. The maximum absolute atomic E-state index is 12.8. The Kier molecular flexibility index (Phi) is 4.15. The molecule has 0 radical (unpaired) electrons. The summed E-state index contributed by atoms with van der Waals surface area (Å²) >= 11 is 0. The van der Waals surface area contributed by atoms with Gasteiger partial charge in [0.15, 0.2) is 0 Å². The molecule has 0 fully saturated rings. The lowest BCUT2D eigenvalue weighted by Gasteiger charge is -2.07. The normalized spacial score (nSPS) is 12.1. The number of fused-ring (bicyclic) bond motifs is 1. The summed E-state index contributed by atoms with van der Waals surface area (Å²) in [5.41, 5.74) is 4.05. The van der Waals surface area contributed by atoms with E-state index in [0.717, 1.165) is 23.2 Å². The first-order valence-electron chi connectivity index (χ1n) is 8.00. The largest absolute Gasteiger partial charge is 0.455 e. The van der Waals surface area contributed by atoms with Crippen LogP contribution in [0.25, 0.3) is 22.4 Å². The Morgan fingerprint density at radius 2 is 1.89 bits per heavy atom. The number of anilines is 1. The van der Waals surface area contributed by atoms with Crippen molar-refractivity contribution in [3.05, 3.63) is 72.0 Å². The Hall–Kier alpha value is -3.55. The molecule has 0 aliphatic carbocycles. The molecule has 2 N–H and O–H groups in total. The first-order chi connectivity index (χ1) is 13.0. The number of halogens is 3. The molecule has 0 saturated heterocycles. The zero-order chi connectivity index (χ0) is 18.9. The van der Waals surface area contributed by atoms with Crippen LogP contribution in [-0.4, -0.2) is 16.2 Å². The Bertz CT molecular complexity index is 1080. The number of rotatable bonds is 4. The van der Waals surface area contributed by atoms with Crippen molar-refractivity contribution in [2.45, 2.75) is 6.18 Å². The molecule has 0 aliphatic heterocycles. The fraction of sp³-hybridized carbons (Fsp3) is 0.0526. The summed E-state index contributed by atoms with van der Waals surface area (Å²) in [7, 11) is 0. The lowest BCUT2D eigenvalue weighted by Crippen LogP contribution is -2.04. The number of benzene rings is 2. The number of imidazole rings is 1. The van der Waals surface area contributed by atoms with Crippen LogP contribution >= 0.6 is 0 Å². The van der Waals surface area contributed by atoms with Crippen molar-refractivity contribution in [3.8, 4) is 11.3 Å². The van der Waals surface area contributed by atoms with Gasteiger partial charge in [0.05, 0.1) is 22.8 Å². The lowest BCUT2D eigenvalue weighted by molar-refractivity contribution is -0.137. The van der Waals surface area contributed by atoms with Crippen LogP contribution in [0.15, 0.2) is 70.2 Å². The van der Waals surface area contributed by atoms with E-state index in [1.54, 1.807) is 18.2 Å². The highest BCUT2D eigenvalue weighted by atomic mass is 19.4. The number of para-hydroxylation sites is 2. The number of furan rings is 1. The van der Waals surface area contributed by atoms with Crippen LogP contribution in [0.5, 0.6) is 0 Å². The molecule has 2 aromatic carbocycles. The number of aromatic amines is 1. The summed E-state index contributed by atoms with van der Waals surface area (Å²) in [6.45, 7) is 0. The van der Waals surface area contributed by atoms with Gasteiger partial charge < -0.3 is 9.40 Å². The molecule has 0 unspecified atom stereocenters. The number of hydrazone groups is 1. The Balaban J connectivity index is 1.48. The zero-order valence-electron chi connectivity index (χ0n) is 13.8. The van der Waals surface area contributed by atoms with Crippen molar-refractivity contribution in [2.24, 2.45) is 5.10 Å². The van der Waals surface area contributed by atoms with Crippen molar-refractivity contribution in [2.75, 3.05) is 5.43 Å². The number of aromatic nitrogens is 2. The predicted octanol–water partition coefficient (Wildman–Crippen LogP) is 5.29. The van der Waals surface area contributed by atoms with E-state index in [2.05, 4.69) is 20.5 Å². The number of H-pyrrole nitrogens is 1. The van der Waals surface area contributed by atoms with Crippen LogP contribution in [0.4, 0.5) is 19.1 Å². The zero-order valence-corrected chi connectivity index (χ0v) is 13.8. The van der Waals surface area contributed by atoms with E-state index in [9.17, 15) is 13.2 Å². The van der Waals surface area contributed by atoms with Gasteiger partial charge in [-0.2, -0.15) is 18.3 Å². The third kappa shape index (κ3) is 3.69. The van der Waals surface area contributed by atoms with Crippen LogP contribution in [-0.2, 0) is 6.18 Å². The second-order valence-electron chi connectivity index (χ2n) is 5.75. The summed E-state index contributed by atoms with van der Waals surface area (Å²) in [6, 6.07) is 15.7. The summed E-state index contributed by atoms with van der Waals surface area (Å²) in [5, 5.41) is 4.03. The van der Waals surface area contributed by atoms with Crippen LogP contribution in [0.2, 0.25) is 0 Å². The van der Waals surface area contributed by atoms with Crippen molar-refractivity contribution in [1.29, 1.82) is 0 Å². The number of alkyl halides is 3. The van der Waals surface area contributed by atoms with E-state index in [-0.39, 0.29) is 0 Å². The van der Waals surface area contributed by atoms with Gasteiger partial charge in [-0.25, -0.2) is 10.4 Å². The summed E-state index contributed by atoms with van der Waals surface area (Å²) in [6.07, 6.45) is -2.98. The van der Waals surface area contributed by atoms with Crippen molar-refractivity contribution in [3.63, 3.8) is 0 Å². The molecule has 136 valence electrons. The van der Waals surface area contributed by atoms with Gasteiger partial charge in [-0.3, -0.25) is 0 Å². The summed E-state index contributed by atoms with van der Waals surface area (Å²) in [4.78, 5) is 7.37. The molecule has 0 aliphatic rings. The maximum Gasteiger partial charge on any atom is 0.416 e. The Morgan fingerprint density at radius 1 is 1.04 bits per heavy atom. The van der Waals surface area contributed by atoms with E-state index < -0.39 is 11.7 Å². The molecule has 0 spiro atoms. The summed E-state index contributed by atoms with van der Waals surface area (Å²) in [5.74, 6) is 1.19. The Labute approximate surface area is 151 Å². The minimum absolute atomic E-state index is 0.325. The molecular weight excluding hydrogens is 357 g/mol. The SMILES string of the molecule is FC(F)(F)c1cccc(-c2ccc(C=NNc3nc4ccccc4[nH]3)o2)c1. The molecule has 2 heterocycles. The standard InChI is InChI=1S/C19H13F3N4O/c20-19(21,22)13-5-3-4-12(10-13)17-9-8-14(27-17)11-23-26-18-24-15-6-1-2-7-16(15)25-18/h1-11H,(H2,24,25,26). The monoisotopic (exact) mass is 370 g/mol. The second-order valence-corrected chi connectivity index (χ2v) is 5.75. The molecule has 0 amide bonds. The van der Waals surface area contributed by atoms with Crippen molar-refractivity contribution < 1.29 is 17.6 Å². The fourth-order valence-corrected chi connectivity index (χ4v) is 2.59. The van der Waals surface area contributed by atoms with E-state index in [1.165, 1.54) is 12.3 Å². The van der Waals surface area contributed by atoms with Crippen LogP contribution < -0.4 is 5.43 Å². The van der Waals surface area contributed by atoms with E-state index in [4.69, 9.17) is 4.42 Å². The van der Waals surface area contributed by atoms with E-state index in [1.807, 2.05) is 24.3 Å². The van der Waals surface area contributed by atoms with Gasteiger partial charge in [-0.1, -0.05) is 24.3 Å². The quantitative estimate of drug-likeness (QED) is 0.379. The average Bonchev–Trinajstić information content (AvgIpc) is 3.27. The van der Waals surface area contributed by atoms with Crippen LogP contribution in [0, 0.1) is 0 Å². The number of nitrogens with zero attached hydrogens (tertiary/aromatic N) is 2. The minimum Gasteiger partial charge on any atom is -0.455 e. The third-order valence-electron chi connectivity index (χ3n) is 3.85. The van der Waals surface area contributed by atoms with Gasteiger partial charge in [-0.15, -0.1) is 0 Å². The molecule has 0 bridgehead atoms. The topological polar surface area (TPSA) is 66.2 Å². The molecule has 0 atom stereocenters. The molecule has 4 rings (SSSR count). The highest BCUT2D eigenvalue weighted by Crippen LogP contribution is 2.32. The van der Waals surface area contributed by atoms with E-state index in [0.29, 0.717) is 23.0 Å². The van der Waals surface area contributed by atoms with Crippen molar-refractivity contribution in [1.82, 2.24) is 9.97 Å². The minimum atomic E-state index is -4.40. The van der Waals surface area contributed by atoms with Gasteiger partial charge >= 0.3 is 6.18 Å². The average molecular weight is 370 g/mol. The highest BCUT2D eigenvalue weighted by molar-refractivity contribution is 5.79. The van der Waals surface area contributed by atoms with Gasteiger partial charge in [0.2, 0.25) is 5.95 Å². The third-order valence-corrected chi connectivity index (χ3v) is 3.85. The molecule has 27 heavy (non-hydrogen) atoms. The molecule has 5 nitrogen and oxygen atoms in total. The number of nitrogens with one attached hydrogen (secondary N) is 2. The highest BCUT2D eigenvalue weighted by Gasteiger charge is 2.30.